The van der Waals surface area contributed by atoms with Gasteiger partial charge < -0.3 is 4.74 Å². The van der Waals surface area contributed by atoms with Crippen LogP contribution >= 0.6 is 34.8 Å². The second-order valence-electron chi connectivity index (χ2n) is 4.88. The molecule has 3 rings (SSSR count). The Hall–Kier alpha value is -1.81. The number of methoxy groups -OCH3 is 1. The van der Waals surface area contributed by atoms with Crippen molar-refractivity contribution < 1.29 is 13.2 Å². The van der Waals surface area contributed by atoms with Crippen LogP contribution in [0, 0.1) is 6.92 Å². The van der Waals surface area contributed by atoms with Gasteiger partial charge in [-0.1, -0.05) is 40.9 Å². The number of nitrogens with zero attached hydrogens (tertiary/aromatic N) is 4. The Morgan fingerprint density at radius 2 is 1.92 bits per heavy atom. The van der Waals surface area contributed by atoms with E-state index in [9.17, 15) is 8.42 Å². The first-order valence-electron chi connectivity index (χ1n) is 6.67. The van der Waals surface area contributed by atoms with E-state index in [1.807, 2.05) is 0 Å². The SMILES string of the molecule is COc1ncc(Cl)c2nc(S(=O)(=O)Nc3c(Cl)ccc(C)c3Cl)nn12. The van der Waals surface area contributed by atoms with Crippen molar-refractivity contribution in [2.75, 3.05) is 11.8 Å². The quantitative estimate of drug-likeness (QED) is 0.693. The lowest BCUT2D eigenvalue weighted by Gasteiger charge is -2.10. The molecular weight excluding hydrogens is 413 g/mol. The predicted octanol–water partition coefficient (Wildman–Crippen LogP) is 3.20. The Balaban J connectivity index is 2.12. The standard InChI is InChI=1S/C13H10Cl3N5O3S/c1-6-3-4-7(14)10(9(6)16)20-25(22,23)12-18-11-8(15)5-17-13(24-2)21(11)19-12/h3-5,20H,1-2H3. The number of benzene rings is 1. The minimum atomic E-state index is -4.18. The van der Waals surface area contributed by atoms with E-state index in [-0.39, 0.29) is 32.4 Å². The van der Waals surface area contributed by atoms with Gasteiger partial charge in [-0.3, -0.25) is 4.72 Å². The third-order valence-corrected chi connectivity index (χ3v) is 5.41. The summed E-state index contributed by atoms with van der Waals surface area (Å²) in [7, 11) is -2.83. The maximum absolute atomic E-state index is 12.6. The van der Waals surface area contributed by atoms with Crippen molar-refractivity contribution in [3.05, 3.63) is 39.0 Å². The minimum Gasteiger partial charge on any atom is -0.467 e. The van der Waals surface area contributed by atoms with Gasteiger partial charge >= 0.3 is 6.01 Å². The smallest absolute Gasteiger partial charge is 0.319 e. The molecular formula is C13H10Cl3N5O3S. The number of rotatable bonds is 4. The number of sulfonamides is 1. The molecule has 25 heavy (non-hydrogen) atoms. The van der Waals surface area contributed by atoms with Gasteiger partial charge in [0.25, 0.3) is 15.2 Å². The molecule has 0 fully saturated rings. The van der Waals surface area contributed by atoms with Crippen LogP contribution in [0.2, 0.25) is 15.1 Å². The van der Waals surface area contributed by atoms with E-state index in [2.05, 4.69) is 19.8 Å². The maximum Gasteiger partial charge on any atom is 0.319 e. The minimum absolute atomic E-state index is 0.0278. The fourth-order valence-electron chi connectivity index (χ4n) is 1.99. The summed E-state index contributed by atoms with van der Waals surface area (Å²) in [5, 5.41) is 3.79. The normalized spacial score (nSPS) is 11.7. The summed E-state index contributed by atoms with van der Waals surface area (Å²) in [6, 6.07) is 3.23. The van der Waals surface area contributed by atoms with Crippen molar-refractivity contribution in [1.29, 1.82) is 0 Å². The lowest BCUT2D eigenvalue weighted by atomic mass is 10.2. The highest BCUT2D eigenvalue weighted by Gasteiger charge is 2.25. The molecule has 2 aromatic heterocycles. The first-order chi connectivity index (χ1) is 11.7. The van der Waals surface area contributed by atoms with Crippen molar-refractivity contribution in [3.8, 4) is 6.01 Å². The molecule has 0 aliphatic heterocycles. The number of ether oxygens (including phenoxy) is 1. The molecule has 0 radical (unpaired) electrons. The molecule has 0 atom stereocenters. The van der Waals surface area contributed by atoms with E-state index >= 15 is 0 Å². The summed E-state index contributed by atoms with van der Waals surface area (Å²) < 4.78 is 33.6. The van der Waals surface area contributed by atoms with Gasteiger partial charge in [0, 0.05) is 0 Å². The number of halogens is 3. The summed E-state index contributed by atoms with van der Waals surface area (Å²) in [6.07, 6.45) is 1.28. The third-order valence-electron chi connectivity index (χ3n) is 3.21. The molecule has 0 unspecified atom stereocenters. The van der Waals surface area contributed by atoms with Crippen LogP contribution in [-0.4, -0.2) is 35.1 Å². The topological polar surface area (TPSA) is 98.5 Å². The Morgan fingerprint density at radius 1 is 1.20 bits per heavy atom. The fraction of sp³-hybridized carbons (Fsp3) is 0.154. The highest BCUT2D eigenvalue weighted by molar-refractivity contribution is 7.92. The van der Waals surface area contributed by atoms with Crippen LogP contribution in [0.4, 0.5) is 5.69 Å². The molecule has 1 aromatic carbocycles. The van der Waals surface area contributed by atoms with E-state index in [1.165, 1.54) is 19.4 Å². The lowest BCUT2D eigenvalue weighted by Crippen LogP contribution is -2.15. The van der Waals surface area contributed by atoms with Crippen LogP contribution in [0.5, 0.6) is 6.01 Å². The van der Waals surface area contributed by atoms with E-state index < -0.39 is 15.2 Å². The molecule has 1 N–H and O–H groups in total. The van der Waals surface area contributed by atoms with Crippen molar-refractivity contribution in [1.82, 2.24) is 19.6 Å². The van der Waals surface area contributed by atoms with Crippen molar-refractivity contribution in [3.63, 3.8) is 0 Å². The number of hydrogen-bond donors (Lipinski definition) is 1. The molecule has 132 valence electrons. The van der Waals surface area contributed by atoms with Gasteiger partial charge in [-0.15, -0.1) is 5.10 Å². The van der Waals surface area contributed by atoms with Crippen molar-refractivity contribution >= 4 is 56.2 Å². The maximum atomic E-state index is 12.6. The summed E-state index contributed by atoms with van der Waals surface area (Å²) in [4.78, 5) is 7.83. The molecule has 0 saturated heterocycles. The molecule has 8 nitrogen and oxygen atoms in total. The number of fused-ring (bicyclic) bond motifs is 1. The predicted molar refractivity (Wildman–Crippen MR) is 94.4 cm³/mol. The highest BCUT2D eigenvalue weighted by atomic mass is 35.5. The van der Waals surface area contributed by atoms with E-state index in [4.69, 9.17) is 39.5 Å². The van der Waals surface area contributed by atoms with E-state index in [0.29, 0.717) is 5.56 Å². The summed E-state index contributed by atoms with van der Waals surface area (Å²) >= 11 is 18.2. The van der Waals surface area contributed by atoms with Gasteiger partial charge in [0.1, 0.15) is 5.02 Å². The summed E-state index contributed by atoms with van der Waals surface area (Å²) in [5.41, 5.74) is 0.773. The van der Waals surface area contributed by atoms with Crippen molar-refractivity contribution in [2.24, 2.45) is 0 Å². The van der Waals surface area contributed by atoms with Gasteiger partial charge in [0.2, 0.25) is 0 Å². The van der Waals surface area contributed by atoms with Crippen LogP contribution in [0.3, 0.4) is 0 Å². The van der Waals surface area contributed by atoms with Crippen LogP contribution in [0.15, 0.2) is 23.5 Å². The Bertz CT molecular complexity index is 1080. The van der Waals surface area contributed by atoms with Crippen LogP contribution in [0.1, 0.15) is 5.56 Å². The van der Waals surface area contributed by atoms with Crippen LogP contribution in [-0.2, 0) is 10.0 Å². The molecule has 12 heteroatoms. The Kier molecular flexibility index (Phi) is 4.67. The third kappa shape index (κ3) is 3.20. The lowest BCUT2D eigenvalue weighted by molar-refractivity contribution is 0.366. The molecule has 0 saturated carbocycles. The Labute approximate surface area is 157 Å². The highest BCUT2D eigenvalue weighted by Crippen LogP contribution is 2.34. The van der Waals surface area contributed by atoms with E-state index in [1.54, 1.807) is 13.0 Å². The molecule has 0 aliphatic carbocycles. The molecule has 0 aliphatic rings. The van der Waals surface area contributed by atoms with Crippen molar-refractivity contribution in [2.45, 2.75) is 12.1 Å². The molecule has 0 spiro atoms. The van der Waals surface area contributed by atoms with Crippen LogP contribution in [0.25, 0.3) is 5.65 Å². The zero-order valence-corrected chi connectivity index (χ0v) is 15.9. The fourth-order valence-corrected chi connectivity index (χ4v) is 3.70. The molecule has 3 aromatic rings. The summed E-state index contributed by atoms with van der Waals surface area (Å²) in [5.74, 6) is 0. The van der Waals surface area contributed by atoms with Crippen LogP contribution < -0.4 is 9.46 Å². The first-order valence-corrected chi connectivity index (χ1v) is 9.29. The Morgan fingerprint density at radius 3 is 2.60 bits per heavy atom. The average Bonchev–Trinajstić information content (AvgIpc) is 3.03. The number of nitrogens with one attached hydrogen (secondary N) is 1. The zero-order chi connectivity index (χ0) is 18.4. The number of anilines is 1. The van der Waals surface area contributed by atoms with Gasteiger partial charge in [-0.2, -0.15) is 17.9 Å². The molecule has 0 bridgehead atoms. The second kappa shape index (κ2) is 6.49. The molecule has 0 amide bonds. The number of aromatic nitrogens is 4. The van der Waals surface area contributed by atoms with Gasteiger partial charge in [-0.25, -0.2) is 4.98 Å². The summed E-state index contributed by atoms with van der Waals surface area (Å²) in [6.45, 7) is 1.72. The number of hydrogen-bond acceptors (Lipinski definition) is 6. The second-order valence-corrected chi connectivity index (χ2v) is 7.65. The largest absolute Gasteiger partial charge is 0.467 e. The first kappa shape index (κ1) is 18.0. The zero-order valence-electron chi connectivity index (χ0n) is 12.8. The number of aryl methyl sites for hydroxylation is 1. The van der Waals surface area contributed by atoms with E-state index in [0.717, 1.165) is 4.52 Å². The van der Waals surface area contributed by atoms with Gasteiger partial charge in [-0.05, 0) is 18.6 Å². The average molecular weight is 423 g/mol. The van der Waals surface area contributed by atoms with Gasteiger partial charge in [0.05, 0.1) is 29.0 Å². The monoisotopic (exact) mass is 421 g/mol. The molecule has 2 heterocycles. The van der Waals surface area contributed by atoms with Gasteiger partial charge in [0.15, 0.2) is 5.65 Å².